The first-order valence-corrected chi connectivity index (χ1v) is 7.70. The Kier molecular flexibility index (Phi) is 5.20. The molecular formula is C16H18IN. The lowest BCUT2D eigenvalue weighted by Crippen LogP contribution is -2.17. The summed E-state index contributed by atoms with van der Waals surface area (Å²) in [5.74, 6) is 0. The average Bonchev–Trinajstić information content (AvgIpc) is 2.39. The van der Waals surface area contributed by atoms with Gasteiger partial charge in [0.25, 0.3) is 0 Å². The molecule has 2 rings (SSSR count). The summed E-state index contributed by atoms with van der Waals surface area (Å²) in [5, 5.41) is 2.69. The molecule has 1 nitrogen and oxygen atoms in total. The van der Waals surface area contributed by atoms with E-state index >= 15 is 0 Å². The van der Waals surface area contributed by atoms with E-state index in [9.17, 15) is 0 Å². The van der Waals surface area contributed by atoms with Crippen LogP contribution in [-0.4, -0.2) is 22.9 Å². The number of alkyl halides is 1. The minimum absolute atomic E-state index is 0.993. The van der Waals surface area contributed by atoms with Crippen LogP contribution in [0.3, 0.4) is 0 Å². The number of nitrogens with zero attached hydrogens (tertiary/aromatic N) is 1. The predicted octanol–water partition coefficient (Wildman–Crippen LogP) is 4.26. The minimum atomic E-state index is 0.993. The molecule has 0 aromatic heterocycles. The summed E-state index contributed by atoms with van der Waals surface area (Å²) in [6, 6.07) is 15.1. The van der Waals surface area contributed by atoms with Crippen molar-refractivity contribution in [1.82, 2.24) is 4.90 Å². The summed E-state index contributed by atoms with van der Waals surface area (Å²) in [6.07, 6.45) is 4.44. The summed E-state index contributed by atoms with van der Waals surface area (Å²) in [7, 11) is 2.17. The minimum Gasteiger partial charge on any atom is -0.298 e. The number of fused-ring (bicyclic) bond motifs is 1. The number of hydrogen-bond donors (Lipinski definition) is 0. The van der Waals surface area contributed by atoms with E-state index in [4.69, 9.17) is 0 Å². The number of likely N-dealkylation sites (N-methyl/N-ethyl adjacent to an activating group) is 1. The first-order valence-electron chi connectivity index (χ1n) is 6.17. The molecule has 0 radical (unpaired) electrons. The molecule has 0 saturated carbocycles. The zero-order valence-corrected chi connectivity index (χ0v) is 12.8. The Balaban J connectivity index is 2.14. The lowest BCUT2D eigenvalue weighted by Gasteiger charge is -2.16. The third-order valence-corrected chi connectivity index (χ3v) is 3.50. The van der Waals surface area contributed by atoms with E-state index in [2.05, 4.69) is 89.2 Å². The third kappa shape index (κ3) is 3.56. The van der Waals surface area contributed by atoms with Crippen LogP contribution in [-0.2, 0) is 6.54 Å². The van der Waals surface area contributed by atoms with E-state index in [1.54, 1.807) is 0 Å². The monoisotopic (exact) mass is 351 g/mol. The van der Waals surface area contributed by atoms with Gasteiger partial charge in [-0.15, -0.1) is 0 Å². The lowest BCUT2D eigenvalue weighted by molar-refractivity contribution is 0.365. The molecule has 0 aliphatic rings. The van der Waals surface area contributed by atoms with Gasteiger partial charge >= 0.3 is 0 Å². The van der Waals surface area contributed by atoms with Crippen LogP contribution in [0.4, 0.5) is 0 Å². The molecule has 0 amide bonds. The number of benzene rings is 2. The molecule has 0 aliphatic carbocycles. The average molecular weight is 351 g/mol. The van der Waals surface area contributed by atoms with Crippen LogP contribution >= 0.6 is 22.6 Å². The first-order chi connectivity index (χ1) is 8.81. The molecule has 0 N–H and O–H groups in total. The highest BCUT2D eigenvalue weighted by molar-refractivity contribution is 14.1. The van der Waals surface area contributed by atoms with Gasteiger partial charge in [-0.1, -0.05) is 77.2 Å². The molecule has 0 fully saturated rings. The molecule has 2 heteroatoms. The highest BCUT2D eigenvalue weighted by Crippen LogP contribution is 2.19. The van der Waals surface area contributed by atoms with Crippen molar-refractivity contribution in [2.75, 3.05) is 18.0 Å². The van der Waals surface area contributed by atoms with Gasteiger partial charge in [-0.3, -0.25) is 4.90 Å². The normalized spacial score (nSPS) is 11.7. The lowest BCUT2D eigenvalue weighted by atomic mass is 10.0. The highest BCUT2D eigenvalue weighted by atomic mass is 127. The molecule has 0 heterocycles. The maximum absolute atomic E-state index is 2.36. The summed E-state index contributed by atoms with van der Waals surface area (Å²) in [5.41, 5.74) is 1.40. The van der Waals surface area contributed by atoms with Crippen LogP contribution in [0.15, 0.2) is 54.6 Å². The van der Waals surface area contributed by atoms with E-state index in [0.717, 1.165) is 17.5 Å². The van der Waals surface area contributed by atoms with E-state index in [1.807, 2.05) is 0 Å². The summed E-state index contributed by atoms with van der Waals surface area (Å²) in [4.78, 5) is 2.34. The molecule has 94 valence electrons. The van der Waals surface area contributed by atoms with Crippen LogP contribution in [0.2, 0.25) is 0 Å². The number of hydrogen-bond acceptors (Lipinski definition) is 1. The molecule has 0 unspecified atom stereocenters. The summed E-state index contributed by atoms with van der Waals surface area (Å²) in [6.45, 7) is 2.00. The standard InChI is InChI=1S/C16H18IN/c1-18(12-5-4-11-17)13-15-9-6-8-14-7-2-3-10-16(14)15/h2-10H,11-13H2,1H3/b5-4+. The fraction of sp³-hybridized carbons (Fsp3) is 0.250. The van der Waals surface area contributed by atoms with E-state index in [-0.39, 0.29) is 0 Å². The topological polar surface area (TPSA) is 3.24 Å². The Morgan fingerprint density at radius 2 is 1.83 bits per heavy atom. The zero-order valence-electron chi connectivity index (χ0n) is 10.6. The molecule has 0 aliphatic heterocycles. The molecule has 0 saturated heterocycles. The van der Waals surface area contributed by atoms with E-state index in [1.165, 1.54) is 16.3 Å². The van der Waals surface area contributed by atoms with Gasteiger partial charge in [0, 0.05) is 17.5 Å². The van der Waals surface area contributed by atoms with Gasteiger partial charge in [0.2, 0.25) is 0 Å². The van der Waals surface area contributed by atoms with Gasteiger partial charge in [0.05, 0.1) is 0 Å². The SMILES string of the molecule is CN(C/C=C/CI)Cc1cccc2ccccc12. The fourth-order valence-corrected chi connectivity index (χ4v) is 2.46. The van der Waals surface area contributed by atoms with Gasteiger partial charge in [0.15, 0.2) is 0 Å². The van der Waals surface area contributed by atoms with Crippen LogP contribution in [0.1, 0.15) is 5.56 Å². The Labute approximate surface area is 123 Å². The molecule has 0 bridgehead atoms. The smallest absolute Gasteiger partial charge is 0.0240 e. The molecule has 18 heavy (non-hydrogen) atoms. The van der Waals surface area contributed by atoms with Gasteiger partial charge in [-0.2, -0.15) is 0 Å². The molecule has 2 aromatic carbocycles. The van der Waals surface area contributed by atoms with Crippen molar-refractivity contribution >= 4 is 33.4 Å². The van der Waals surface area contributed by atoms with Gasteiger partial charge < -0.3 is 0 Å². The molecular weight excluding hydrogens is 333 g/mol. The van der Waals surface area contributed by atoms with E-state index in [0.29, 0.717) is 0 Å². The van der Waals surface area contributed by atoms with Crippen LogP contribution in [0, 0.1) is 0 Å². The summed E-state index contributed by atoms with van der Waals surface area (Å²) < 4.78 is 1.08. The quantitative estimate of drug-likeness (QED) is 0.442. The number of rotatable bonds is 5. The Morgan fingerprint density at radius 3 is 2.67 bits per heavy atom. The second-order valence-corrected chi connectivity index (χ2v) is 5.34. The second-order valence-electron chi connectivity index (χ2n) is 4.46. The van der Waals surface area contributed by atoms with Crippen molar-refractivity contribution in [3.05, 3.63) is 60.2 Å². The number of allylic oxidation sites excluding steroid dienone is 1. The predicted molar refractivity (Wildman–Crippen MR) is 88.3 cm³/mol. The van der Waals surface area contributed by atoms with Gasteiger partial charge in [0.1, 0.15) is 0 Å². The van der Waals surface area contributed by atoms with Crippen molar-refractivity contribution in [3.8, 4) is 0 Å². The fourth-order valence-electron chi connectivity index (χ4n) is 2.10. The maximum Gasteiger partial charge on any atom is 0.0240 e. The van der Waals surface area contributed by atoms with Crippen molar-refractivity contribution < 1.29 is 0 Å². The maximum atomic E-state index is 2.36. The van der Waals surface area contributed by atoms with Crippen LogP contribution in [0.25, 0.3) is 10.8 Å². The Morgan fingerprint density at radius 1 is 1.06 bits per heavy atom. The Bertz CT molecular complexity index is 528. The molecule has 0 atom stereocenters. The zero-order chi connectivity index (χ0) is 12.8. The molecule has 2 aromatic rings. The van der Waals surface area contributed by atoms with Crippen molar-refractivity contribution in [2.24, 2.45) is 0 Å². The van der Waals surface area contributed by atoms with Crippen LogP contribution in [0.5, 0.6) is 0 Å². The highest BCUT2D eigenvalue weighted by Gasteiger charge is 2.02. The van der Waals surface area contributed by atoms with Crippen molar-refractivity contribution in [1.29, 1.82) is 0 Å². The first kappa shape index (κ1) is 13.6. The van der Waals surface area contributed by atoms with Crippen molar-refractivity contribution in [2.45, 2.75) is 6.54 Å². The largest absolute Gasteiger partial charge is 0.298 e. The van der Waals surface area contributed by atoms with Gasteiger partial charge in [-0.25, -0.2) is 0 Å². The third-order valence-electron chi connectivity index (χ3n) is 2.99. The Hall–Kier alpha value is -0.870. The van der Waals surface area contributed by atoms with Gasteiger partial charge in [-0.05, 0) is 23.4 Å². The summed E-state index contributed by atoms with van der Waals surface area (Å²) >= 11 is 2.36. The van der Waals surface area contributed by atoms with Crippen molar-refractivity contribution in [3.63, 3.8) is 0 Å². The molecule has 0 spiro atoms. The second kappa shape index (κ2) is 6.90. The number of halogens is 1. The van der Waals surface area contributed by atoms with Crippen LogP contribution < -0.4 is 0 Å². The van der Waals surface area contributed by atoms with E-state index < -0.39 is 0 Å².